The molecule has 0 unspecified atom stereocenters. The summed E-state index contributed by atoms with van der Waals surface area (Å²) in [7, 11) is -2.15. The summed E-state index contributed by atoms with van der Waals surface area (Å²) in [5.41, 5.74) is 0. The van der Waals surface area contributed by atoms with Gasteiger partial charge in [0.05, 0.1) is 0 Å². The third kappa shape index (κ3) is 7.05. The SMILES string of the molecule is C=CC(=O)OC[Si](C)(C)O[SiH2]CCC. The molecule has 0 atom stereocenters. The van der Waals surface area contributed by atoms with Crippen LogP contribution >= 0.6 is 0 Å². The summed E-state index contributed by atoms with van der Waals surface area (Å²) >= 11 is 0. The van der Waals surface area contributed by atoms with E-state index in [1.165, 1.54) is 18.5 Å². The van der Waals surface area contributed by atoms with Crippen molar-refractivity contribution >= 4 is 24.0 Å². The fourth-order valence-corrected chi connectivity index (χ4v) is 4.74. The smallest absolute Gasteiger partial charge is 0.329 e. The minimum absolute atomic E-state index is 0.355. The normalized spacial score (nSPS) is 11.9. The molecule has 0 aliphatic rings. The van der Waals surface area contributed by atoms with Crippen molar-refractivity contribution in [2.75, 3.05) is 6.23 Å². The lowest BCUT2D eigenvalue weighted by Crippen LogP contribution is -2.39. The molecule has 0 aromatic heterocycles. The van der Waals surface area contributed by atoms with Crippen LogP contribution in [0.15, 0.2) is 12.7 Å². The minimum atomic E-state index is -1.75. The molecular formula is C9H20O3Si2. The van der Waals surface area contributed by atoms with Crippen LogP contribution in [0.2, 0.25) is 19.1 Å². The van der Waals surface area contributed by atoms with Crippen LogP contribution < -0.4 is 0 Å². The highest BCUT2D eigenvalue weighted by Gasteiger charge is 2.23. The van der Waals surface area contributed by atoms with E-state index in [2.05, 4.69) is 26.6 Å². The molecule has 0 aliphatic carbocycles. The molecule has 0 aromatic rings. The predicted octanol–water partition coefficient (Wildman–Crippen LogP) is 1.39. The van der Waals surface area contributed by atoms with Gasteiger partial charge in [-0.2, -0.15) is 0 Å². The summed E-state index contributed by atoms with van der Waals surface area (Å²) in [6.45, 7) is 9.65. The summed E-state index contributed by atoms with van der Waals surface area (Å²) in [5, 5.41) is 0. The van der Waals surface area contributed by atoms with Crippen molar-refractivity contribution in [1.82, 2.24) is 0 Å². The molecule has 0 amide bonds. The molecule has 0 saturated carbocycles. The van der Waals surface area contributed by atoms with E-state index in [4.69, 9.17) is 8.85 Å². The van der Waals surface area contributed by atoms with Gasteiger partial charge in [0.2, 0.25) is 8.32 Å². The zero-order valence-corrected chi connectivity index (χ0v) is 11.8. The van der Waals surface area contributed by atoms with Crippen LogP contribution in [0.4, 0.5) is 0 Å². The summed E-state index contributed by atoms with van der Waals surface area (Å²) in [6.07, 6.45) is 2.81. The van der Waals surface area contributed by atoms with E-state index < -0.39 is 18.1 Å². The number of hydrogen-bond donors (Lipinski definition) is 0. The first-order valence-electron chi connectivity index (χ1n) is 4.95. The highest BCUT2D eigenvalue weighted by atomic mass is 28.4. The Labute approximate surface area is 89.6 Å². The molecule has 0 heterocycles. The molecule has 0 aliphatic heterocycles. The first-order chi connectivity index (χ1) is 6.52. The maximum absolute atomic E-state index is 10.8. The van der Waals surface area contributed by atoms with Crippen LogP contribution in [-0.4, -0.2) is 30.3 Å². The van der Waals surface area contributed by atoms with Crippen molar-refractivity contribution in [3.05, 3.63) is 12.7 Å². The van der Waals surface area contributed by atoms with E-state index in [1.807, 2.05) is 0 Å². The fraction of sp³-hybridized carbons (Fsp3) is 0.667. The number of carbonyl (C=O) groups excluding carboxylic acids is 1. The Kier molecular flexibility index (Phi) is 6.77. The summed E-state index contributed by atoms with van der Waals surface area (Å²) in [6, 6.07) is 1.20. The Balaban J connectivity index is 3.70. The van der Waals surface area contributed by atoms with Gasteiger partial charge >= 0.3 is 5.97 Å². The Morgan fingerprint density at radius 1 is 1.57 bits per heavy atom. The molecule has 0 aromatic carbocycles. The van der Waals surface area contributed by atoms with Gasteiger partial charge in [-0.05, 0) is 19.1 Å². The van der Waals surface area contributed by atoms with E-state index in [-0.39, 0.29) is 5.97 Å². The average Bonchev–Trinajstić information content (AvgIpc) is 2.14. The maximum atomic E-state index is 10.8. The van der Waals surface area contributed by atoms with E-state index in [0.717, 1.165) is 0 Å². The van der Waals surface area contributed by atoms with Gasteiger partial charge in [0.15, 0.2) is 0 Å². The van der Waals surface area contributed by atoms with Crippen LogP contribution in [0.3, 0.4) is 0 Å². The van der Waals surface area contributed by atoms with E-state index in [1.54, 1.807) is 0 Å². The Hall–Kier alpha value is -0.396. The first-order valence-corrected chi connectivity index (χ1v) is 9.64. The zero-order valence-electron chi connectivity index (χ0n) is 9.34. The van der Waals surface area contributed by atoms with Gasteiger partial charge in [-0.15, -0.1) is 0 Å². The third-order valence-electron chi connectivity index (χ3n) is 1.72. The van der Waals surface area contributed by atoms with Crippen LogP contribution in [-0.2, 0) is 13.6 Å². The van der Waals surface area contributed by atoms with Gasteiger partial charge in [-0.25, -0.2) is 4.79 Å². The van der Waals surface area contributed by atoms with E-state index >= 15 is 0 Å². The Morgan fingerprint density at radius 3 is 2.71 bits per heavy atom. The molecule has 5 heteroatoms. The van der Waals surface area contributed by atoms with Crippen molar-refractivity contribution in [2.45, 2.75) is 32.5 Å². The summed E-state index contributed by atoms with van der Waals surface area (Å²) in [4.78, 5) is 10.8. The van der Waals surface area contributed by atoms with Crippen molar-refractivity contribution < 1.29 is 13.6 Å². The summed E-state index contributed by atoms with van der Waals surface area (Å²) in [5.74, 6) is -0.355. The molecule has 0 radical (unpaired) electrons. The molecule has 0 fully saturated rings. The van der Waals surface area contributed by atoms with Crippen LogP contribution in [0, 0.1) is 0 Å². The highest BCUT2D eigenvalue weighted by Crippen LogP contribution is 2.05. The van der Waals surface area contributed by atoms with Crippen molar-refractivity contribution in [2.24, 2.45) is 0 Å². The molecule has 3 nitrogen and oxygen atoms in total. The number of esters is 1. The molecule has 0 bridgehead atoms. The molecule has 0 rings (SSSR count). The van der Waals surface area contributed by atoms with Crippen molar-refractivity contribution in [1.29, 1.82) is 0 Å². The number of rotatable bonds is 7. The molecular weight excluding hydrogens is 212 g/mol. The van der Waals surface area contributed by atoms with Gasteiger partial charge in [0.25, 0.3) is 0 Å². The Morgan fingerprint density at radius 2 is 2.21 bits per heavy atom. The zero-order chi connectivity index (χ0) is 11.0. The molecule has 82 valence electrons. The third-order valence-corrected chi connectivity index (χ3v) is 7.50. The number of hydrogen-bond acceptors (Lipinski definition) is 3. The standard InChI is InChI=1S/C9H20O3Si2/c1-5-7-13-12-14(3,4)8-11-9(10)6-2/h6H,2,5,7-8,13H2,1,3-4H3. The number of carbonyl (C=O) groups is 1. The van der Waals surface area contributed by atoms with Crippen molar-refractivity contribution in [3.63, 3.8) is 0 Å². The lowest BCUT2D eigenvalue weighted by Gasteiger charge is -2.22. The van der Waals surface area contributed by atoms with Gasteiger partial charge in [-0.1, -0.05) is 19.9 Å². The van der Waals surface area contributed by atoms with E-state index in [0.29, 0.717) is 6.23 Å². The topological polar surface area (TPSA) is 35.5 Å². The Bertz CT molecular complexity index is 192. The fourth-order valence-electron chi connectivity index (χ4n) is 0.838. The minimum Gasteiger partial charge on any atom is -0.463 e. The second-order valence-corrected chi connectivity index (χ2v) is 9.85. The number of ether oxygens (including phenoxy) is 1. The average molecular weight is 232 g/mol. The van der Waals surface area contributed by atoms with Gasteiger partial charge in [0, 0.05) is 6.08 Å². The maximum Gasteiger partial charge on any atom is 0.329 e. The van der Waals surface area contributed by atoms with Crippen LogP contribution in [0.5, 0.6) is 0 Å². The van der Waals surface area contributed by atoms with Gasteiger partial charge < -0.3 is 8.85 Å². The lowest BCUT2D eigenvalue weighted by atomic mass is 10.6. The first kappa shape index (κ1) is 13.6. The highest BCUT2D eigenvalue weighted by molar-refractivity contribution is 6.75. The quantitative estimate of drug-likeness (QED) is 0.288. The van der Waals surface area contributed by atoms with E-state index in [9.17, 15) is 4.79 Å². The van der Waals surface area contributed by atoms with Crippen molar-refractivity contribution in [3.8, 4) is 0 Å². The molecule has 0 N–H and O–H groups in total. The summed E-state index contributed by atoms with van der Waals surface area (Å²) < 4.78 is 10.8. The monoisotopic (exact) mass is 232 g/mol. The lowest BCUT2D eigenvalue weighted by molar-refractivity contribution is -0.136. The molecule has 14 heavy (non-hydrogen) atoms. The van der Waals surface area contributed by atoms with Crippen LogP contribution in [0.1, 0.15) is 13.3 Å². The molecule has 0 spiro atoms. The predicted molar refractivity (Wildman–Crippen MR) is 63.4 cm³/mol. The molecule has 0 saturated heterocycles. The second-order valence-electron chi connectivity index (χ2n) is 3.77. The van der Waals surface area contributed by atoms with Gasteiger partial charge in [0.1, 0.15) is 16.0 Å². The van der Waals surface area contributed by atoms with Gasteiger partial charge in [-0.3, -0.25) is 0 Å². The van der Waals surface area contributed by atoms with Crippen LogP contribution in [0.25, 0.3) is 0 Å². The second kappa shape index (κ2) is 6.97. The largest absolute Gasteiger partial charge is 0.463 e.